The lowest BCUT2D eigenvalue weighted by atomic mass is 10.1. The van der Waals surface area contributed by atoms with Crippen molar-refractivity contribution in [3.8, 4) is 5.75 Å². The topological polar surface area (TPSA) is 93.7 Å². The fourth-order valence-electron chi connectivity index (χ4n) is 2.22. The van der Waals surface area contributed by atoms with Gasteiger partial charge < -0.3 is 20.1 Å². The molecule has 2 amide bonds. The molecule has 7 heteroatoms. The summed E-state index contributed by atoms with van der Waals surface area (Å²) in [5.74, 6) is -0.322. The Morgan fingerprint density at radius 3 is 2.65 bits per heavy atom. The number of ether oxygens (including phenoxy) is 2. The molecular weight excluding hydrogens is 300 g/mol. The maximum absolute atomic E-state index is 11.6. The summed E-state index contributed by atoms with van der Waals surface area (Å²) in [6.45, 7) is 0.108. The molecule has 7 nitrogen and oxygen atoms in total. The molecule has 124 valence electrons. The van der Waals surface area contributed by atoms with E-state index in [4.69, 9.17) is 9.47 Å². The van der Waals surface area contributed by atoms with Gasteiger partial charge in [0.1, 0.15) is 11.8 Å². The number of hydrogen-bond acceptors (Lipinski definition) is 5. The van der Waals surface area contributed by atoms with E-state index < -0.39 is 12.0 Å². The van der Waals surface area contributed by atoms with Crippen molar-refractivity contribution in [3.63, 3.8) is 0 Å². The number of esters is 1. The number of nitrogens with one attached hydrogen (secondary N) is 2. The second-order valence-electron chi connectivity index (χ2n) is 5.21. The third-order valence-corrected chi connectivity index (χ3v) is 3.52. The fourth-order valence-corrected chi connectivity index (χ4v) is 2.22. The van der Waals surface area contributed by atoms with Gasteiger partial charge in [-0.3, -0.25) is 9.59 Å². The Kier molecular flexibility index (Phi) is 5.96. The number of carbonyl (C=O) groups is 3. The molecule has 0 saturated carbocycles. The normalized spacial score (nSPS) is 16.6. The number of hydrogen-bond donors (Lipinski definition) is 2. The average Bonchev–Trinajstić information content (AvgIpc) is 3.00. The molecule has 2 rings (SSSR count). The van der Waals surface area contributed by atoms with Gasteiger partial charge in [0.05, 0.1) is 7.11 Å². The summed E-state index contributed by atoms with van der Waals surface area (Å²) in [5, 5.41) is 5.18. The van der Waals surface area contributed by atoms with Crippen molar-refractivity contribution in [1.29, 1.82) is 0 Å². The summed E-state index contributed by atoms with van der Waals surface area (Å²) in [6, 6.07) is 6.93. The van der Waals surface area contributed by atoms with Crippen molar-refractivity contribution in [2.45, 2.75) is 25.3 Å². The second-order valence-corrected chi connectivity index (χ2v) is 5.21. The summed E-state index contributed by atoms with van der Waals surface area (Å²) in [6.07, 6.45) is 1.40. The molecule has 23 heavy (non-hydrogen) atoms. The predicted molar refractivity (Wildman–Crippen MR) is 81.8 cm³/mol. The highest BCUT2D eigenvalue weighted by atomic mass is 16.5. The first-order valence-electron chi connectivity index (χ1n) is 7.44. The van der Waals surface area contributed by atoms with E-state index in [0.717, 1.165) is 11.3 Å². The highest BCUT2D eigenvalue weighted by Gasteiger charge is 2.28. The summed E-state index contributed by atoms with van der Waals surface area (Å²) in [7, 11) is 1.60. The van der Waals surface area contributed by atoms with Gasteiger partial charge in [0.25, 0.3) is 5.91 Å². The Hall–Kier alpha value is -2.57. The largest absolute Gasteiger partial charge is 0.497 e. The molecule has 0 radical (unpaired) electrons. The van der Waals surface area contributed by atoms with Crippen LogP contribution in [-0.2, 0) is 25.5 Å². The molecule has 1 aromatic carbocycles. The number of rotatable bonds is 7. The summed E-state index contributed by atoms with van der Waals surface area (Å²) in [4.78, 5) is 34.3. The summed E-state index contributed by atoms with van der Waals surface area (Å²) in [5.41, 5.74) is 1.07. The summed E-state index contributed by atoms with van der Waals surface area (Å²) < 4.78 is 9.96. The minimum atomic E-state index is -0.630. The van der Waals surface area contributed by atoms with Crippen LogP contribution >= 0.6 is 0 Å². The van der Waals surface area contributed by atoms with Crippen molar-refractivity contribution in [1.82, 2.24) is 10.6 Å². The van der Waals surface area contributed by atoms with Crippen LogP contribution in [0.3, 0.4) is 0 Å². The standard InChI is InChI=1S/C16H20N2O5/c1-22-12-4-2-11(3-5-12)8-9-17-15(20)10-23-16(21)13-6-7-14(19)18-13/h2-5,13H,6-10H2,1H3,(H,17,20)(H,18,19)/t13-/m0/s1. The van der Waals surface area contributed by atoms with Crippen LogP contribution in [0.4, 0.5) is 0 Å². The molecular formula is C16H20N2O5. The average molecular weight is 320 g/mol. The second kappa shape index (κ2) is 8.17. The zero-order valence-corrected chi connectivity index (χ0v) is 13.0. The first kappa shape index (κ1) is 16.8. The van der Waals surface area contributed by atoms with E-state index in [1.54, 1.807) is 7.11 Å². The van der Waals surface area contributed by atoms with Gasteiger partial charge >= 0.3 is 5.97 Å². The van der Waals surface area contributed by atoms with Gasteiger partial charge in [-0.05, 0) is 30.5 Å². The maximum Gasteiger partial charge on any atom is 0.329 e. The molecule has 0 aliphatic carbocycles. The number of carbonyl (C=O) groups excluding carboxylic acids is 3. The molecule has 1 atom stereocenters. The Morgan fingerprint density at radius 2 is 2.04 bits per heavy atom. The van der Waals surface area contributed by atoms with Gasteiger partial charge in [0, 0.05) is 13.0 Å². The van der Waals surface area contributed by atoms with Gasteiger partial charge in [-0.15, -0.1) is 0 Å². The van der Waals surface area contributed by atoms with E-state index in [2.05, 4.69) is 10.6 Å². The van der Waals surface area contributed by atoms with Gasteiger partial charge in [0.15, 0.2) is 6.61 Å². The third kappa shape index (κ3) is 5.28. The molecule has 1 fully saturated rings. The highest BCUT2D eigenvalue weighted by molar-refractivity contribution is 5.89. The third-order valence-electron chi connectivity index (χ3n) is 3.52. The number of methoxy groups -OCH3 is 1. The fraction of sp³-hybridized carbons (Fsp3) is 0.438. The Bertz CT molecular complexity index is 570. The van der Waals surface area contributed by atoms with E-state index >= 15 is 0 Å². The molecule has 1 saturated heterocycles. The van der Waals surface area contributed by atoms with Gasteiger partial charge in [-0.1, -0.05) is 12.1 Å². The minimum Gasteiger partial charge on any atom is -0.497 e. The van der Waals surface area contributed by atoms with Crippen molar-refractivity contribution in [2.24, 2.45) is 0 Å². The Labute approximate surface area is 134 Å². The first-order valence-corrected chi connectivity index (χ1v) is 7.44. The van der Waals surface area contributed by atoms with Gasteiger partial charge in [-0.25, -0.2) is 4.79 Å². The van der Waals surface area contributed by atoms with Crippen molar-refractivity contribution >= 4 is 17.8 Å². The molecule has 0 bridgehead atoms. The van der Waals surface area contributed by atoms with E-state index in [-0.39, 0.29) is 18.4 Å². The first-order chi connectivity index (χ1) is 11.1. The molecule has 2 N–H and O–H groups in total. The van der Waals surface area contributed by atoms with Crippen molar-refractivity contribution in [3.05, 3.63) is 29.8 Å². The zero-order chi connectivity index (χ0) is 16.7. The van der Waals surface area contributed by atoms with E-state index in [9.17, 15) is 14.4 Å². The van der Waals surface area contributed by atoms with Crippen LogP contribution in [0.2, 0.25) is 0 Å². The molecule has 1 aliphatic rings. The van der Waals surface area contributed by atoms with Gasteiger partial charge in [0.2, 0.25) is 5.91 Å². The lowest BCUT2D eigenvalue weighted by Gasteiger charge is -2.10. The monoisotopic (exact) mass is 320 g/mol. The number of benzene rings is 1. The van der Waals surface area contributed by atoms with Crippen molar-refractivity contribution < 1.29 is 23.9 Å². The Balaban J connectivity index is 1.62. The van der Waals surface area contributed by atoms with Crippen LogP contribution in [0.1, 0.15) is 18.4 Å². The highest BCUT2D eigenvalue weighted by Crippen LogP contribution is 2.11. The molecule has 0 aromatic heterocycles. The molecule has 1 aromatic rings. The van der Waals surface area contributed by atoms with Crippen molar-refractivity contribution in [2.75, 3.05) is 20.3 Å². The SMILES string of the molecule is COc1ccc(CCNC(=O)COC(=O)[C@@H]2CCC(=O)N2)cc1. The van der Waals surface area contributed by atoms with E-state index in [1.165, 1.54) is 0 Å². The lowest BCUT2D eigenvalue weighted by molar-refractivity contribution is -0.150. The smallest absolute Gasteiger partial charge is 0.329 e. The lowest BCUT2D eigenvalue weighted by Crippen LogP contribution is -2.37. The van der Waals surface area contributed by atoms with Crippen LogP contribution in [0.25, 0.3) is 0 Å². The predicted octanol–water partition coefficient (Wildman–Crippen LogP) is 0.176. The van der Waals surface area contributed by atoms with Crippen LogP contribution < -0.4 is 15.4 Å². The molecule has 0 unspecified atom stereocenters. The maximum atomic E-state index is 11.6. The van der Waals surface area contributed by atoms with Crippen LogP contribution in [0, 0.1) is 0 Å². The number of amides is 2. The van der Waals surface area contributed by atoms with Crippen LogP contribution in [0.5, 0.6) is 5.75 Å². The Morgan fingerprint density at radius 1 is 1.30 bits per heavy atom. The zero-order valence-electron chi connectivity index (χ0n) is 13.0. The van der Waals surface area contributed by atoms with Crippen LogP contribution in [-0.4, -0.2) is 44.1 Å². The molecule has 0 spiro atoms. The molecule has 1 heterocycles. The quantitative estimate of drug-likeness (QED) is 0.699. The van der Waals surface area contributed by atoms with Crippen LogP contribution in [0.15, 0.2) is 24.3 Å². The summed E-state index contributed by atoms with van der Waals surface area (Å²) >= 11 is 0. The van der Waals surface area contributed by atoms with E-state index in [0.29, 0.717) is 25.8 Å². The van der Waals surface area contributed by atoms with E-state index in [1.807, 2.05) is 24.3 Å². The molecule has 1 aliphatic heterocycles. The minimum absolute atomic E-state index is 0.170. The van der Waals surface area contributed by atoms with Gasteiger partial charge in [-0.2, -0.15) is 0 Å².